The average molecular weight is 233 g/mol. The van der Waals surface area contributed by atoms with E-state index in [9.17, 15) is 4.79 Å². The molecular weight excluding hydrogens is 214 g/mol. The fraction of sp³-hybridized carbons (Fsp3) is 0.500. The molecule has 2 rings (SSSR count). The molecule has 0 saturated carbocycles. The largest absolute Gasteiger partial charge is 0.492 e. The normalized spacial score (nSPS) is 16.2. The van der Waals surface area contributed by atoms with E-state index in [1.807, 2.05) is 32.0 Å². The van der Waals surface area contributed by atoms with Crippen molar-refractivity contribution in [3.8, 4) is 5.75 Å². The van der Waals surface area contributed by atoms with Gasteiger partial charge in [0.2, 0.25) is 0 Å². The van der Waals surface area contributed by atoms with E-state index in [0.717, 1.165) is 18.8 Å². The predicted molar refractivity (Wildman–Crippen MR) is 67.1 cm³/mol. The van der Waals surface area contributed by atoms with E-state index in [1.165, 1.54) is 5.56 Å². The highest BCUT2D eigenvalue weighted by molar-refractivity contribution is 5.82. The van der Waals surface area contributed by atoms with Crippen LogP contribution >= 0.6 is 0 Å². The maximum Gasteiger partial charge on any atom is 0.149 e. The first-order valence-electron chi connectivity index (χ1n) is 6.12. The second kappa shape index (κ2) is 5.32. The standard InChI is InChI=1S/C14H19NO2/c1-11(2)13(16)10-15-7-8-17-14-6-4-3-5-12(14)9-15/h3-6,11H,7-10H2,1-2H3. The van der Waals surface area contributed by atoms with Gasteiger partial charge in [0.15, 0.2) is 0 Å². The van der Waals surface area contributed by atoms with E-state index in [2.05, 4.69) is 11.0 Å². The van der Waals surface area contributed by atoms with Crippen molar-refractivity contribution in [2.24, 2.45) is 5.92 Å². The van der Waals surface area contributed by atoms with Crippen LogP contribution in [0.25, 0.3) is 0 Å². The summed E-state index contributed by atoms with van der Waals surface area (Å²) >= 11 is 0. The van der Waals surface area contributed by atoms with E-state index in [0.29, 0.717) is 18.9 Å². The molecule has 0 spiro atoms. The highest BCUT2D eigenvalue weighted by atomic mass is 16.5. The van der Waals surface area contributed by atoms with E-state index >= 15 is 0 Å². The Kier molecular flexibility index (Phi) is 3.79. The van der Waals surface area contributed by atoms with Crippen molar-refractivity contribution in [3.05, 3.63) is 29.8 Å². The Balaban J connectivity index is 2.05. The van der Waals surface area contributed by atoms with Gasteiger partial charge in [0, 0.05) is 24.6 Å². The van der Waals surface area contributed by atoms with Gasteiger partial charge in [-0.2, -0.15) is 0 Å². The lowest BCUT2D eigenvalue weighted by Crippen LogP contribution is -2.33. The summed E-state index contributed by atoms with van der Waals surface area (Å²) in [6, 6.07) is 8.04. The average Bonchev–Trinajstić information content (AvgIpc) is 2.50. The van der Waals surface area contributed by atoms with Gasteiger partial charge < -0.3 is 4.74 Å². The summed E-state index contributed by atoms with van der Waals surface area (Å²) in [5.41, 5.74) is 1.17. The number of ether oxygens (including phenoxy) is 1. The summed E-state index contributed by atoms with van der Waals surface area (Å²) in [7, 11) is 0. The minimum absolute atomic E-state index is 0.106. The molecule has 0 amide bonds. The maximum absolute atomic E-state index is 11.8. The molecule has 0 fully saturated rings. The number of carbonyl (C=O) groups excluding carboxylic acids is 1. The van der Waals surface area contributed by atoms with Crippen LogP contribution in [0.3, 0.4) is 0 Å². The molecule has 1 aliphatic rings. The van der Waals surface area contributed by atoms with Gasteiger partial charge in [-0.15, -0.1) is 0 Å². The Morgan fingerprint density at radius 1 is 1.41 bits per heavy atom. The number of hydrogen-bond donors (Lipinski definition) is 0. The number of Topliss-reactive ketones (excluding diaryl/α,β-unsaturated/α-hetero) is 1. The molecule has 1 aromatic rings. The molecule has 0 unspecified atom stereocenters. The number of hydrogen-bond acceptors (Lipinski definition) is 3. The van der Waals surface area contributed by atoms with Crippen LogP contribution in [0.5, 0.6) is 5.75 Å². The van der Waals surface area contributed by atoms with Crippen molar-refractivity contribution < 1.29 is 9.53 Å². The van der Waals surface area contributed by atoms with Gasteiger partial charge in [-0.1, -0.05) is 32.0 Å². The van der Waals surface area contributed by atoms with Gasteiger partial charge in [0.1, 0.15) is 18.1 Å². The number of nitrogens with zero attached hydrogens (tertiary/aromatic N) is 1. The summed E-state index contributed by atoms with van der Waals surface area (Å²) in [5.74, 6) is 1.35. The van der Waals surface area contributed by atoms with Gasteiger partial charge in [0.05, 0.1) is 6.54 Å². The second-order valence-corrected chi connectivity index (χ2v) is 4.79. The Morgan fingerprint density at radius 2 is 2.18 bits per heavy atom. The van der Waals surface area contributed by atoms with E-state index < -0.39 is 0 Å². The molecule has 0 aromatic heterocycles. The second-order valence-electron chi connectivity index (χ2n) is 4.79. The van der Waals surface area contributed by atoms with Crippen LogP contribution in [0.1, 0.15) is 19.4 Å². The molecule has 0 bridgehead atoms. The van der Waals surface area contributed by atoms with E-state index in [4.69, 9.17) is 4.74 Å². The number of carbonyl (C=O) groups is 1. The van der Waals surface area contributed by atoms with Crippen LogP contribution in [0, 0.1) is 5.92 Å². The summed E-state index contributed by atoms with van der Waals surface area (Å²) < 4.78 is 5.67. The van der Waals surface area contributed by atoms with Gasteiger partial charge in [-0.25, -0.2) is 0 Å². The van der Waals surface area contributed by atoms with E-state index in [1.54, 1.807) is 0 Å². The predicted octanol–water partition coefficient (Wildman–Crippen LogP) is 2.11. The molecule has 3 heteroatoms. The molecule has 17 heavy (non-hydrogen) atoms. The molecular formula is C14H19NO2. The number of benzene rings is 1. The number of ketones is 1. The first-order valence-corrected chi connectivity index (χ1v) is 6.12. The first kappa shape index (κ1) is 12.1. The molecule has 1 aliphatic heterocycles. The van der Waals surface area contributed by atoms with Crippen LogP contribution in [-0.4, -0.2) is 30.4 Å². The zero-order chi connectivity index (χ0) is 12.3. The highest BCUT2D eigenvalue weighted by Crippen LogP contribution is 2.22. The van der Waals surface area contributed by atoms with Gasteiger partial charge in [-0.3, -0.25) is 9.69 Å². The monoisotopic (exact) mass is 233 g/mol. The first-order chi connectivity index (χ1) is 8.16. The molecule has 0 radical (unpaired) electrons. The lowest BCUT2D eigenvalue weighted by Gasteiger charge is -2.19. The number of fused-ring (bicyclic) bond motifs is 1. The molecule has 0 saturated heterocycles. The van der Waals surface area contributed by atoms with Gasteiger partial charge in [-0.05, 0) is 6.07 Å². The molecule has 0 aliphatic carbocycles. The van der Waals surface area contributed by atoms with Gasteiger partial charge in [0.25, 0.3) is 0 Å². The SMILES string of the molecule is CC(C)C(=O)CN1CCOc2ccccc2C1. The summed E-state index contributed by atoms with van der Waals surface area (Å²) in [6.07, 6.45) is 0. The van der Waals surface area contributed by atoms with E-state index in [-0.39, 0.29) is 5.92 Å². The zero-order valence-electron chi connectivity index (χ0n) is 10.5. The minimum Gasteiger partial charge on any atom is -0.492 e. The number of para-hydroxylation sites is 1. The van der Waals surface area contributed by atoms with Crippen molar-refractivity contribution in [1.82, 2.24) is 4.90 Å². The summed E-state index contributed by atoms with van der Waals surface area (Å²) in [6.45, 7) is 6.69. The lowest BCUT2D eigenvalue weighted by molar-refractivity contribution is -0.123. The quantitative estimate of drug-likeness (QED) is 0.800. The molecule has 1 aromatic carbocycles. The third kappa shape index (κ3) is 3.07. The Morgan fingerprint density at radius 3 is 2.94 bits per heavy atom. The number of rotatable bonds is 3. The van der Waals surface area contributed by atoms with Crippen LogP contribution in [0.4, 0.5) is 0 Å². The van der Waals surface area contributed by atoms with Crippen LogP contribution in [0.2, 0.25) is 0 Å². The van der Waals surface area contributed by atoms with Crippen LogP contribution in [0.15, 0.2) is 24.3 Å². The van der Waals surface area contributed by atoms with Crippen molar-refractivity contribution in [2.75, 3.05) is 19.7 Å². The molecule has 3 nitrogen and oxygen atoms in total. The topological polar surface area (TPSA) is 29.5 Å². The van der Waals surface area contributed by atoms with Crippen LogP contribution < -0.4 is 4.74 Å². The highest BCUT2D eigenvalue weighted by Gasteiger charge is 2.18. The molecule has 1 heterocycles. The third-order valence-corrected chi connectivity index (χ3v) is 3.06. The molecule has 0 N–H and O–H groups in total. The van der Waals surface area contributed by atoms with Crippen molar-refractivity contribution >= 4 is 5.78 Å². The summed E-state index contributed by atoms with van der Waals surface area (Å²) in [4.78, 5) is 13.9. The fourth-order valence-electron chi connectivity index (χ4n) is 1.92. The maximum atomic E-state index is 11.8. The van der Waals surface area contributed by atoms with Crippen LogP contribution in [-0.2, 0) is 11.3 Å². The Hall–Kier alpha value is -1.35. The van der Waals surface area contributed by atoms with Crippen molar-refractivity contribution in [3.63, 3.8) is 0 Å². The molecule has 92 valence electrons. The van der Waals surface area contributed by atoms with Crippen molar-refractivity contribution in [1.29, 1.82) is 0 Å². The summed E-state index contributed by atoms with van der Waals surface area (Å²) in [5, 5.41) is 0. The van der Waals surface area contributed by atoms with Gasteiger partial charge >= 0.3 is 0 Å². The lowest BCUT2D eigenvalue weighted by atomic mass is 10.1. The Bertz CT molecular complexity index is 401. The third-order valence-electron chi connectivity index (χ3n) is 3.06. The minimum atomic E-state index is 0.106. The smallest absolute Gasteiger partial charge is 0.149 e. The molecule has 0 atom stereocenters. The fourth-order valence-corrected chi connectivity index (χ4v) is 1.92. The zero-order valence-corrected chi connectivity index (χ0v) is 10.5. The van der Waals surface area contributed by atoms with Crippen molar-refractivity contribution in [2.45, 2.75) is 20.4 Å². The Labute approximate surface area is 102 Å².